The van der Waals surface area contributed by atoms with Gasteiger partial charge in [0.05, 0.1) is 0 Å². The molecule has 20 heavy (non-hydrogen) atoms. The normalized spacial score (nSPS) is 20.1. The topological polar surface area (TPSA) is 73.5 Å². The number of amides is 3. The van der Waals surface area contributed by atoms with Gasteiger partial charge in [-0.15, -0.1) is 0 Å². The first kappa shape index (κ1) is 16.8. The van der Waals surface area contributed by atoms with Gasteiger partial charge >= 0.3 is 6.03 Å². The summed E-state index contributed by atoms with van der Waals surface area (Å²) in [6.07, 6.45) is 2.97. The predicted octanol–water partition coefficient (Wildman–Crippen LogP) is 0.400. The Hall–Kier alpha value is -1.30. The third kappa shape index (κ3) is 6.23. The van der Waals surface area contributed by atoms with Crippen molar-refractivity contribution in [2.24, 2.45) is 11.8 Å². The SMILES string of the molecule is CC(CC(=O)NCCNC(=O)N(C)C)C1CCCNC1. The molecule has 0 saturated carbocycles. The van der Waals surface area contributed by atoms with E-state index in [1.807, 2.05) is 0 Å². The van der Waals surface area contributed by atoms with Gasteiger partial charge in [0, 0.05) is 33.6 Å². The van der Waals surface area contributed by atoms with Gasteiger partial charge in [0.2, 0.25) is 5.91 Å². The van der Waals surface area contributed by atoms with Crippen LogP contribution in [0.3, 0.4) is 0 Å². The van der Waals surface area contributed by atoms with Crippen LogP contribution in [0.1, 0.15) is 26.2 Å². The van der Waals surface area contributed by atoms with Gasteiger partial charge in [0.15, 0.2) is 0 Å². The Morgan fingerprint density at radius 3 is 2.60 bits per heavy atom. The van der Waals surface area contributed by atoms with E-state index in [-0.39, 0.29) is 11.9 Å². The van der Waals surface area contributed by atoms with Gasteiger partial charge in [-0.1, -0.05) is 6.92 Å². The molecule has 0 radical (unpaired) electrons. The number of carbonyl (C=O) groups is 2. The molecule has 3 N–H and O–H groups in total. The van der Waals surface area contributed by atoms with Crippen LogP contribution in [-0.2, 0) is 4.79 Å². The van der Waals surface area contributed by atoms with E-state index < -0.39 is 0 Å². The first-order valence-electron chi connectivity index (χ1n) is 7.43. The second-order valence-electron chi connectivity index (χ2n) is 5.76. The molecule has 1 saturated heterocycles. The number of hydrogen-bond acceptors (Lipinski definition) is 3. The molecule has 0 spiro atoms. The third-order valence-electron chi connectivity index (χ3n) is 3.78. The first-order valence-corrected chi connectivity index (χ1v) is 7.43. The van der Waals surface area contributed by atoms with Gasteiger partial charge in [-0.2, -0.15) is 0 Å². The van der Waals surface area contributed by atoms with Crippen molar-refractivity contribution >= 4 is 11.9 Å². The molecule has 0 aromatic rings. The summed E-state index contributed by atoms with van der Waals surface area (Å²) in [5, 5.41) is 8.95. The monoisotopic (exact) mass is 284 g/mol. The summed E-state index contributed by atoms with van der Waals surface area (Å²) in [6, 6.07) is -0.138. The van der Waals surface area contributed by atoms with E-state index >= 15 is 0 Å². The minimum Gasteiger partial charge on any atom is -0.354 e. The van der Waals surface area contributed by atoms with Crippen LogP contribution in [0, 0.1) is 11.8 Å². The smallest absolute Gasteiger partial charge is 0.316 e. The zero-order valence-electron chi connectivity index (χ0n) is 12.9. The van der Waals surface area contributed by atoms with Crippen molar-refractivity contribution in [3.63, 3.8) is 0 Å². The summed E-state index contributed by atoms with van der Waals surface area (Å²) >= 11 is 0. The average Bonchev–Trinajstić information content (AvgIpc) is 2.44. The lowest BCUT2D eigenvalue weighted by Crippen LogP contribution is -2.40. The zero-order chi connectivity index (χ0) is 15.0. The Labute approximate surface area is 121 Å². The maximum absolute atomic E-state index is 11.8. The Bertz CT molecular complexity index is 314. The second-order valence-corrected chi connectivity index (χ2v) is 5.76. The summed E-state index contributed by atoms with van der Waals surface area (Å²) in [5.74, 6) is 1.07. The van der Waals surface area contributed by atoms with E-state index in [0.29, 0.717) is 31.3 Å². The maximum Gasteiger partial charge on any atom is 0.316 e. The minimum atomic E-state index is -0.138. The number of nitrogens with one attached hydrogen (secondary N) is 3. The molecule has 1 aliphatic rings. The van der Waals surface area contributed by atoms with Crippen molar-refractivity contribution in [3.8, 4) is 0 Å². The van der Waals surface area contributed by atoms with Gasteiger partial charge in [-0.05, 0) is 37.8 Å². The lowest BCUT2D eigenvalue weighted by molar-refractivity contribution is -0.122. The summed E-state index contributed by atoms with van der Waals surface area (Å²) in [7, 11) is 3.38. The van der Waals surface area contributed by atoms with Crippen molar-refractivity contribution in [1.82, 2.24) is 20.9 Å². The molecule has 1 aliphatic heterocycles. The standard InChI is InChI=1S/C14H28N4O2/c1-11(12-5-4-6-15-10-12)9-13(19)16-7-8-17-14(20)18(2)3/h11-12,15H,4-10H2,1-3H3,(H,16,19)(H,17,20). The Kier molecular flexibility index (Phi) is 7.36. The molecule has 0 aliphatic carbocycles. The Morgan fingerprint density at radius 1 is 1.30 bits per heavy atom. The van der Waals surface area contributed by atoms with Crippen molar-refractivity contribution in [1.29, 1.82) is 0 Å². The predicted molar refractivity (Wildman–Crippen MR) is 79.5 cm³/mol. The zero-order valence-corrected chi connectivity index (χ0v) is 12.9. The molecule has 2 unspecified atom stereocenters. The van der Waals surface area contributed by atoms with E-state index in [2.05, 4.69) is 22.9 Å². The molecule has 1 fully saturated rings. The second kappa shape index (κ2) is 8.79. The van der Waals surface area contributed by atoms with Gasteiger partial charge in [-0.25, -0.2) is 4.79 Å². The van der Waals surface area contributed by atoms with E-state index in [4.69, 9.17) is 0 Å². The molecule has 1 rings (SSSR count). The largest absolute Gasteiger partial charge is 0.354 e. The number of nitrogens with zero attached hydrogens (tertiary/aromatic N) is 1. The van der Waals surface area contributed by atoms with Crippen molar-refractivity contribution in [3.05, 3.63) is 0 Å². The highest BCUT2D eigenvalue weighted by Crippen LogP contribution is 2.22. The summed E-state index contributed by atoms with van der Waals surface area (Å²) in [4.78, 5) is 24.6. The van der Waals surface area contributed by atoms with Crippen LogP contribution in [0.4, 0.5) is 4.79 Å². The molecule has 2 atom stereocenters. The van der Waals surface area contributed by atoms with E-state index in [1.54, 1.807) is 14.1 Å². The fraction of sp³-hybridized carbons (Fsp3) is 0.857. The van der Waals surface area contributed by atoms with Crippen LogP contribution in [0.2, 0.25) is 0 Å². The van der Waals surface area contributed by atoms with Gasteiger partial charge < -0.3 is 20.9 Å². The quantitative estimate of drug-likeness (QED) is 0.618. The van der Waals surface area contributed by atoms with E-state index in [1.165, 1.54) is 17.7 Å². The van der Waals surface area contributed by atoms with Crippen molar-refractivity contribution < 1.29 is 9.59 Å². The van der Waals surface area contributed by atoms with Gasteiger partial charge in [-0.3, -0.25) is 4.79 Å². The number of urea groups is 1. The van der Waals surface area contributed by atoms with Crippen LogP contribution < -0.4 is 16.0 Å². The summed E-state index contributed by atoms with van der Waals surface area (Å²) in [6.45, 7) is 5.20. The van der Waals surface area contributed by atoms with Crippen LogP contribution in [-0.4, -0.2) is 57.1 Å². The number of hydrogen-bond donors (Lipinski definition) is 3. The highest BCUT2D eigenvalue weighted by Gasteiger charge is 2.21. The minimum absolute atomic E-state index is 0.0715. The molecule has 6 nitrogen and oxygen atoms in total. The summed E-state index contributed by atoms with van der Waals surface area (Å²) in [5.41, 5.74) is 0. The third-order valence-corrected chi connectivity index (χ3v) is 3.78. The number of piperidine rings is 1. The average molecular weight is 284 g/mol. The van der Waals surface area contributed by atoms with Crippen LogP contribution in [0.15, 0.2) is 0 Å². The van der Waals surface area contributed by atoms with Crippen LogP contribution in [0.25, 0.3) is 0 Å². The highest BCUT2D eigenvalue weighted by molar-refractivity contribution is 5.76. The van der Waals surface area contributed by atoms with E-state index in [9.17, 15) is 9.59 Å². The molecular formula is C14H28N4O2. The van der Waals surface area contributed by atoms with Gasteiger partial charge in [0.1, 0.15) is 0 Å². The molecular weight excluding hydrogens is 256 g/mol. The van der Waals surface area contributed by atoms with Gasteiger partial charge in [0.25, 0.3) is 0 Å². The lowest BCUT2D eigenvalue weighted by Gasteiger charge is -2.28. The Balaban J connectivity index is 2.11. The van der Waals surface area contributed by atoms with Crippen molar-refractivity contribution in [2.75, 3.05) is 40.3 Å². The number of carbonyl (C=O) groups excluding carboxylic acids is 2. The Morgan fingerprint density at radius 2 is 2.00 bits per heavy atom. The molecule has 0 bridgehead atoms. The van der Waals surface area contributed by atoms with E-state index in [0.717, 1.165) is 13.1 Å². The molecule has 3 amide bonds. The lowest BCUT2D eigenvalue weighted by atomic mass is 9.85. The number of rotatable bonds is 6. The molecule has 0 aromatic heterocycles. The van der Waals surface area contributed by atoms with Crippen LogP contribution >= 0.6 is 0 Å². The molecule has 0 aromatic carbocycles. The summed E-state index contributed by atoms with van der Waals surface area (Å²) < 4.78 is 0. The highest BCUT2D eigenvalue weighted by atomic mass is 16.2. The van der Waals surface area contributed by atoms with Crippen LogP contribution in [0.5, 0.6) is 0 Å². The molecule has 1 heterocycles. The first-order chi connectivity index (χ1) is 9.50. The molecule has 116 valence electrons. The molecule has 6 heteroatoms. The van der Waals surface area contributed by atoms with Crippen molar-refractivity contribution in [2.45, 2.75) is 26.2 Å². The maximum atomic E-state index is 11.8. The fourth-order valence-electron chi connectivity index (χ4n) is 2.43. The fourth-order valence-corrected chi connectivity index (χ4v) is 2.43.